The lowest BCUT2D eigenvalue weighted by Crippen LogP contribution is -2.58. The van der Waals surface area contributed by atoms with E-state index >= 15 is 0 Å². The second-order valence-corrected chi connectivity index (χ2v) is 9.53. The highest BCUT2D eigenvalue weighted by molar-refractivity contribution is 5.78. The Kier molecular flexibility index (Phi) is 6.81. The number of cyclic esters (lactones) is 1. The fraction of sp³-hybridized carbons (Fsp3) is 0.696. The molecule has 2 aliphatic rings. The summed E-state index contributed by atoms with van der Waals surface area (Å²) in [6.07, 6.45) is 10.9. The van der Waals surface area contributed by atoms with E-state index in [4.69, 9.17) is 9.47 Å². The van der Waals surface area contributed by atoms with Gasteiger partial charge in [0.15, 0.2) is 0 Å². The van der Waals surface area contributed by atoms with Crippen LogP contribution in [0.15, 0.2) is 24.5 Å². The van der Waals surface area contributed by atoms with Crippen molar-refractivity contribution in [3.63, 3.8) is 0 Å². The molecule has 0 bridgehead atoms. The minimum absolute atomic E-state index is 0.217. The van der Waals surface area contributed by atoms with Gasteiger partial charge in [-0.05, 0) is 63.6 Å². The molecule has 3 rings (SSSR count). The number of carbonyl (C=O) groups is 2. The van der Waals surface area contributed by atoms with Crippen LogP contribution in [0, 0.1) is 11.8 Å². The molecule has 1 N–H and O–H groups in total. The number of pyridine rings is 1. The van der Waals surface area contributed by atoms with Gasteiger partial charge in [-0.3, -0.25) is 9.78 Å². The van der Waals surface area contributed by atoms with Crippen molar-refractivity contribution in [3.8, 4) is 0 Å². The molecule has 6 heteroatoms. The molecule has 0 aromatic carbocycles. The molecule has 1 aromatic heterocycles. The third kappa shape index (κ3) is 5.94. The second kappa shape index (κ2) is 9.14. The van der Waals surface area contributed by atoms with Gasteiger partial charge in [-0.1, -0.05) is 32.1 Å². The molecule has 1 aromatic rings. The quantitative estimate of drug-likeness (QED) is 0.713. The van der Waals surface area contributed by atoms with Crippen LogP contribution in [-0.2, 0) is 20.7 Å². The van der Waals surface area contributed by atoms with E-state index in [2.05, 4.69) is 10.3 Å². The average molecular weight is 403 g/mol. The zero-order valence-corrected chi connectivity index (χ0v) is 17.9. The van der Waals surface area contributed by atoms with Crippen LogP contribution in [0.5, 0.6) is 0 Å². The lowest BCUT2D eigenvalue weighted by molar-refractivity contribution is -0.143. The molecule has 1 aliphatic carbocycles. The molecule has 2 heterocycles. The number of esters is 1. The number of rotatable bonds is 6. The summed E-state index contributed by atoms with van der Waals surface area (Å²) < 4.78 is 10.9. The van der Waals surface area contributed by atoms with E-state index in [0.29, 0.717) is 25.4 Å². The first kappa shape index (κ1) is 21.6. The van der Waals surface area contributed by atoms with E-state index in [1.807, 2.05) is 32.9 Å². The number of alkyl carbamates (subject to hydrolysis) is 1. The number of hydrogen-bond acceptors (Lipinski definition) is 5. The molecule has 6 nitrogen and oxygen atoms in total. The third-order valence-corrected chi connectivity index (χ3v) is 6.00. The van der Waals surface area contributed by atoms with Crippen LogP contribution >= 0.6 is 0 Å². The first-order chi connectivity index (χ1) is 13.8. The van der Waals surface area contributed by atoms with E-state index < -0.39 is 17.2 Å². The molecule has 29 heavy (non-hydrogen) atoms. The van der Waals surface area contributed by atoms with Crippen molar-refractivity contribution < 1.29 is 19.1 Å². The van der Waals surface area contributed by atoms with Crippen molar-refractivity contribution in [2.75, 3.05) is 6.61 Å². The predicted octanol–water partition coefficient (Wildman–Crippen LogP) is 4.42. The summed E-state index contributed by atoms with van der Waals surface area (Å²) in [7, 11) is 0. The maximum Gasteiger partial charge on any atom is 0.408 e. The van der Waals surface area contributed by atoms with Crippen LogP contribution in [-0.4, -0.2) is 34.8 Å². The fourth-order valence-corrected chi connectivity index (χ4v) is 4.80. The summed E-state index contributed by atoms with van der Waals surface area (Å²) in [4.78, 5) is 29.7. The molecule has 0 radical (unpaired) electrons. The van der Waals surface area contributed by atoms with Gasteiger partial charge in [-0.25, -0.2) is 4.79 Å². The van der Waals surface area contributed by atoms with Gasteiger partial charge in [0, 0.05) is 12.4 Å². The molecular weight excluding hydrogens is 368 g/mol. The van der Waals surface area contributed by atoms with Gasteiger partial charge >= 0.3 is 12.1 Å². The van der Waals surface area contributed by atoms with E-state index in [9.17, 15) is 9.59 Å². The average Bonchev–Trinajstić information content (AvgIpc) is 3.08. The molecule has 1 amide bonds. The number of hydrogen-bond donors (Lipinski definition) is 1. The van der Waals surface area contributed by atoms with Crippen LogP contribution in [0.25, 0.3) is 0 Å². The normalized spacial score (nSPS) is 22.6. The van der Waals surface area contributed by atoms with Gasteiger partial charge in [-0.2, -0.15) is 0 Å². The lowest BCUT2D eigenvalue weighted by atomic mass is 9.70. The monoisotopic (exact) mass is 402 g/mol. The standard InChI is InChI=1S/C23H34N2O4/c1-22(2,3)29-21(27)25-23(19-11-14-28-20(19)26,15-17-7-5-4-6-8-17)16-18-9-12-24-13-10-18/h9-10,12-13,17,19H,4-8,11,14-16H2,1-3H3,(H,25,27)/t19-,23+/m1/s1. The topological polar surface area (TPSA) is 77.5 Å². The molecule has 0 unspecified atom stereocenters. The number of aromatic nitrogens is 1. The highest BCUT2D eigenvalue weighted by Crippen LogP contribution is 2.39. The summed E-state index contributed by atoms with van der Waals surface area (Å²) in [5.41, 5.74) is -0.279. The Labute approximate surface area is 173 Å². The molecule has 1 saturated heterocycles. The van der Waals surface area contributed by atoms with Gasteiger partial charge in [0.1, 0.15) is 5.60 Å². The van der Waals surface area contributed by atoms with Gasteiger partial charge in [-0.15, -0.1) is 0 Å². The SMILES string of the molecule is CC(C)(C)OC(=O)N[C@](Cc1ccncc1)(CC1CCCCC1)[C@@H]1CCOC1=O. The molecule has 2 fully saturated rings. The molecule has 0 spiro atoms. The van der Waals surface area contributed by atoms with E-state index in [-0.39, 0.29) is 11.9 Å². The van der Waals surface area contributed by atoms with Crippen LogP contribution in [0.4, 0.5) is 4.79 Å². The number of nitrogens with zero attached hydrogens (tertiary/aromatic N) is 1. The van der Waals surface area contributed by atoms with Gasteiger partial charge in [0.05, 0.1) is 18.1 Å². The minimum atomic E-state index is -0.723. The molecule has 160 valence electrons. The summed E-state index contributed by atoms with van der Waals surface area (Å²) in [6.45, 7) is 5.95. The lowest BCUT2D eigenvalue weighted by Gasteiger charge is -2.42. The van der Waals surface area contributed by atoms with Crippen molar-refractivity contribution in [3.05, 3.63) is 30.1 Å². The molecular formula is C23H34N2O4. The van der Waals surface area contributed by atoms with Gasteiger partial charge < -0.3 is 14.8 Å². The van der Waals surface area contributed by atoms with Crippen molar-refractivity contribution in [1.82, 2.24) is 10.3 Å². The Morgan fingerprint density at radius 3 is 2.45 bits per heavy atom. The van der Waals surface area contributed by atoms with E-state index in [1.54, 1.807) is 12.4 Å². The van der Waals surface area contributed by atoms with Crippen molar-refractivity contribution in [1.29, 1.82) is 0 Å². The van der Waals surface area contributed by atoms with Crippen LogP contribution < -0.4 is 5.32 Å². The number of amides is 1. The van der Waals surface area contributed by atoms with Crippen molar-refractivity contribution in [2.24, 2.45) is 11.8 Å². The number of carbonyl (C=O) groups excluding carboxylic acids is 2. The van der Waals surface area contributed by atoms with E-state index in [0.717, 1.165) is 24.8 Å². The summed E-state index contributed by atoms with van der Waals surface area (Å²) in [6, 6.07) is 3.90. The van der Waals surface area contributed by atoms with Crippen LogP contribution in [0.2, 0.25) is 0 Å². The Bertz CT molecular complexity index is 695. The summed E-state index contributed by atoms with van der Waals surface area (Å²) >= 11 is 0. The van der Waals surface area contributed by atoms with Gasteiger partial charge in [0.25, 0.3) is 0 Å². The van der Waals surface area contributed by atoms with Crippen molar-refractivity contribution in [2.45, 2.75) is 83.3 Å². The van der Waals surface area contributed by atoms with Crippen LogP contribution in [0.1, 0.15) is 71.3 Å². The zero-order valence-electron chi connectivity index (χ0n) is 17.9. The third-order valence-electron chi connectivity index (χ3n) is 6.00. The Morgan fingerprint density at radius 1 is 1.17 bits per heavy atom. The molecule has 1 aliphatic heterocycles. The first-order valence-electron chi connectivity index (χ1n) is 10.8. The fourth-order valence-electron chi connectivity index (χ4n) is 4.80. The van der Waals surface area contributed by atoms with Gasteiger partial charge in [0.2, 0.25) is 0 Å². The maximum absolute atomic E-state index is 12.9. The summed E-state index contributed by atoms with van der Waals surface area (Å²) in [5.74, 6) is -0.107. The minimum Gasteiger partial charge on any atom is -0.465 e. The highest BCUT2D eigenvalue weighted by Gasteiger charge is 2.49. The maximum atomic E-state index is 12.9. The first-order valence-corrected chi connectivity index (χ1v) is 10.8. The van der Waals surface area contributed by atoms with Crippen LogP contribution in [0.3, 0.4) is 0 Å². The molecule has 1 saturated carbocycles. The smallest absolute Gasteiger partial charge is 0.408 e. The Hall–Kier alpha value is -2.11. The van der Waals surface area contributed by atoms with E-state index in [1.165, 1.54) is 19.3 Å². The number of nitrogens with one attached hydrogen (secondary N) is 1. The zero-order chi connectivity index (χ0) is 20.9. The Morgan fingerprint density at radius 2 is 1.86 bits per heavy atom. The number of ether oxygens (including phenoxy) is 2. The largest absolute Gasteiger partial charge is 0.465 e. The van der Waals surface area contributed by atoms with Crippen molar-refractivity contribution >= 4 is 12.1 Å². The molecule has 2 atom stereocenters. The Balaban J connectivity index is 1.93. The highest BCUT2D eigenvalue weighted by atomic mass is 16.6. The summed E-state index contributed by atoms with van der Waals surface area (Å²) in [5, 5.41) is 3.17. The second-order valence-electron chi connectivity index (χ2n) is 9.53. The predicted molar refractivity (Wildman–Crippen MR) is 110 cm³/mol.